The topological polar surface area (TPSA) is 41.0 Å². The van der Waals surface area contributed by atoms with Gasteiger partial charge in [-0.2, -0.15) is 0 Å². The fourth-order valence-electron chi connectivity index (χ4n) is 2.00. The summed E-state index contributed by atoms with van der Waals surface area (Å²) in [6, 6.07) is 8.16. The van der Waals surface area contributed by atoms with Gasteiger partial charge in [0.1, 0.15) is 18.0 Å². The third-order valence-corrected chi connectivity index (χ3v) is 3.78. The molecular weight excluding hydrogens is 316 g/mol. The lowest BCUT2D eigenvalue weighted by molar-refractivity contribution is 0.842. The van der Waals surface area contributed by atoms with E-state index in [-0.39, 0.29) is 0 Å². The lowest BCUT2D eigenvalue weighted by atomic mass is 10.2. The lowest BCUT2D eigenvalue weighted by Gasteiger charge is -2.20. The normalized spacial score (nSPS) is 10.4. The molecule has 1 N–H and O–H groups in total. The van der Waals surface area contributed by atoms with E-state index in [2.05, 4.69) is 69.0 Å². The zero-order valence-corrected chi connectivity index (χ0v) is 13.6. The zero-order chi connectivity index (χ0) is 14.5. The molecule has 1 aromatic carbocycles. The summed E-state index contributed by atoms with van der Waals surface area (Å²) in [4.78, 5) is 10.8. The van der Waals surface area contributed by atoms with Crippen LogP contribution in [-0.4, -0.2) is 23.1 Å². The average Bonchev–Trinajstić information content (AvgIpc) is 2.44. The third-order valence-electron chi connectivity index (χ3n) is 3.13. The van der Waals surface area contributed by atoms with Gasteiger partial charge < -0.3 is 10.2 Å². The first-order valence-electron chi connectivity index (χ1n) is 6.74. The molecule has 20 heavy (non-hydrogen) atoms. The fourth-order valence-corrected chi connectivity index (χ4v) is 2.59. The number of nitrogens with one attached hydrogen (secondary N) is 1. The fraction of sp³-hybridized carbons (Fsp3) is 0.333. The van der Waals surface area contributed by atoms with E-state index >= 15 is 0 Å². The summed E-state index contributed by atoms with van der Waals surface area (Å²) in [6.07, 6.45) is 1.60. The van der Waals surface area contributed by atoms with Crippen LogP contribution >= 0.6 is 15.9 Å². The molecule has 0 saturated carbocycles. The highest BCUT2D eigenvalue weighted by Gasteiger charge is 2.06. The molecule has 2 rings (SSSR count). The Hall–Kier alpha value is -1.62. The molecule has 0 aliphatic rings. The predicted molar refractivity (Wildman–Crippen MR) is 87.8 cm³/mol. The summed E-state index contributed by atoms with van der Waals surface area (Å²) in [6.45, 7) is 8.17. The van der Waals surface area contributed by atoms with Crippen molar-refractivity contribution in [1.82, 2.24) is 9.97 Å². The van der Waals surface area contributed by atoms with Gasteiger partial charge in [0, 0.05) is 23.6 Å². The van der Waals surface area contributed by atoms with Crippen molar-refractivity contribution < 1.29 is 0 Å². The maximum atomic E-state index is 4.32. The summed E-state index contributed by atoms with van der Waals surface area (Å²) in [7, 11) is 0. The number of benzene rings is 1. The third kappa shape index (κ3) is 3.48. The minimum absolute atomic E-state index is 0.798. The van der Waals surface area contributed by atoms with E-state index in [1.807, 2.05) is 12.1 Å². The Morgan fingerprint density at radius 1 is 1.15 bits per heavy atom. The van der Waals surface area contributed by atoms with Crippen molar-refractivity contribution in [1.29, 1.82) is 0 Å². The van der Waals surface area contributed by atoms with Crippen LogP contribution in [0.4, 0.5) is 17.3 Å². The summed E-state index contributed by atoms with van der Waals surface area (Å²) >= 11 is 3.56. The van der Waals surface area contributed by atoms with E-state index in [0.717, 1.165) is 34.9 Å². The molecule has 0 spiro atoms. The SMILES string of the molecule is CCN(CC)c1cc(Nc2ccc(C)cc2Br)ncn1. The van der Waals surface area contributed by atoms with Crippen molar-refractivity contribution in [2.75, 3.05) is 23.3 Å². The second-order valence-electron chi connectivity index (χ2n) is 4.54. The van der Waals surface area contributed by atoms with Crippen LogP contribution in [0.15, 0.2) is 35.1 Å². The van der Waals surface area contributed by atoms with E-state index in [1.165, 1.54) is 5.56 Å². The molecule has 106 valence electrons. The Kier molecular flexibility index (Phi) is 4.95. The maximum absolute atomic E-state index is 4.32. The maximum Gasteiger partial charge on any atom is 0.135 e. The van der Waals surface area contributed by atoms with Crippen LogP contribution in [0.1, 0.15) is 19.4 Å². The number of rotatable bonds is 5. The number of nitrogens with zero attached hydrogens (tertiary/aromatic N) is 3. The monoisotopic (exact) mass is 334 g/mol. The highest BCUT2D eigenvalue weighted by molar-refractivity contribution is 9.10. The van der Waals surface area contributed by atoms with Crippen molar-refractivity contribution in [2.24, 2.45) is 0 Å². The molecule has 0 bridgehead atoms. The van der Waals surface area contributed by atoms with Crippen LogP contribution in [0.5, 0.6) is 0 Å². The van der Waals surface area contributed by atoms with Crippen molar-refractivity contribution in [3.63, 3.8) is 0 Å². The molecule has 0 fully saturated rings. The van der Waals surface area contributed by atoms with Crippen molar-refractivity contribution in [3.8, 4) is 0 Å². The highest BCUT2D eigenvalue weighted by Crippen LogP contribution is 2.26. The van der Waals surface area contributed by atoms with Crippen molar-refractivity contribution in [2.45, 2.75) is 20.8 Å². The van der Waals surface area contributed by atoms with Gasteiger partial charge >= 0.3 is 0 Å². The number of aryl methyl sites for hydroxylation is 1. The van der Waals surface area contributed by atoms with Crippen LogP contribution in [0.25, 0.3) is 0 Å². The summed E-state index contributed by atoms with van der Waals surface area (Å²) in [5.74, 6) is 1.74. The van der Waals surface area contributed by atoms with Crippen LogP contribution in [0.2, 0.25) is 0 Å². The van der Waals surface area contributed by atoms with Crippen molar-refractivity contribution in [3.05, 3.63) is 40.6 Å². The van der Waals surface area contributed by atoms with E-state index in [1.54, 1.807) is 6.33 Å². The minimum Gasteiger partial charge on any atom is -0.357 e. The second kappa shape index (κ2) is 6.70. The first kappa shape index (κ1) is 14.8. The molecule has 0 unspecified atom stereocenters. The minimum atomic E-state index is 0.798. The number of aromatic nitrogens is 2. The van der Waals surface area contributed by atoms with E-state index in [4.69, 9.17) is 0 Å². The molecule has 0 aliphatic heterocycles. The molecule has 0 saturated heterocycles. The van der Waals surface area contributed by atoms with Gasteiger partial charge in [-0.05, 0) is 54.4 Å². The van der Waals surface area contributed by atoms with Gasteiger partial charge in [0.15, 0.2) is 0 Å². The molecule has 0 aliphatic carbocycles. The smallest absolute Gasteiger partial charge is 0.135 e. The molecule has 5 heteroatoms. The first-order chi connectivity index (χ1) is 9.63. The van der Waals surface area contributed by atoms with Gasteiger partial charge in [-0.1, -0.05) is 6.07 Å². The summed E-state index contributed by atoms with van der Waals surface area (Å²) in [5, 5.41) is 3.32. The zero-order valence-electron chi connectivity index (χ0n) is 12.0. The molecular formula is C15H19BrN4. The van der Waals surface area contributed by atoms with E-state index in [9.17, 15) is 0 Å². The van der Waals surface area contributed by atoms with Gasteiger partial charge in [-0.25, -0.2) is 9.97 Å². The van der Waals surface area contributed by atoms with Crippen molar-refractivity contribution >= 4 is 33.3 Å². The van der Waals surface area contributed by atoms with Crippen LogP contribution < -0.4 is 10.2 Å². The number of hydrogen-bond donors (Lipinski definition) is 1. The molecule has 0 amide bonds. The Labute approximate surface area is 128 Å². The van der Waals surface area contributed by atoms with Crippen LogP contribution in [0, 0.1) is 6.92 Å². The molecule has 0 atom stereocenters. The Morgan fingerprint density at radius 3 is 2.55 bits per heavy atom. The highest BCUT2D eigenvalue weighted by atomic mass is 79.9. The molecule has 1 heterocycles. The van der Waals surface area contributed by atoms with Gasteiger partial charge in [-0.3, -0.25) is 0 Å². The molecule has 1 aromatic heterocycles. The summed E-state index contributed by atoms with van der Waals surface area (Å²) < 4.78 is 1.03. The summed E-state index contributed by atoms with van der Waals surface area (Å²) in [5.41, 5.74) is 2.22. The molecule has 0 radical (unpaired) electrons. The van der Waals surface area contributed by atoms with E-state index < -0.39 is 0 Å². The van der Waals surface area contributed by atoms with Crippen LogP contribution in [0.3, 0.4) is 0 Å². The van der Waals surface area contributed by atoms with E-state index in [0.29, 0.717) is 0 Å². The number of halogens is 1. The molecule has 2 aromatic rings. The van der Waals surface area contributed by atoms with Gasteiger partial charge in [0.25, 0.3) is 0 Å². The number of hydrogen-bond acceptors (Lipinski definition) is 4. The average molecular weight is 335 g/mol. The van der Waals surface area contributed by atoms with Gasteiger partial charge in [-0.15, -0.1) is 0 Å². The second-order valence-corrected chi connectivity index (χ2v) is 5.40. The Balaban J connectivity index is 2.23. The lowest BCUT2D eigenvalue weighted by Crippen LogP contribution is -2.23. The van der Waals surface area contributed by atoms with Crippen LogP contribution in [-0.2, 0) is 0 Å². The Bertz CT molecular complexity index is 582. The molecule has 4 nitrogen and oxygen atoms in total. The van der Waals surface area contributed by atoms with Gasteiger partial charge in [0.05, 0.1) is 5.69 Å². The standard InChI is InChI=1S/C15H19BrN4/c1-4-20(5-2)15-9-14(17-10-18-15)19-13-7-6-11(3)8-12(13)16/h6-10H,4-5H2,1-3H3,(H,17,18,19). The quantitative estimate of drug-likeness (QED) is 0.892. The largest absolute Gasteiger partial charge is 0.357 e. The first-order valence-corrected chi connectivity index (χ1v) is 7.53. The Morgan fingerprint density at radius 2 is 1.90 bits per heavy atom. The van der Waals surface area contributed by atoms with Gasteiger partial charge in [0.2, 0.25) is 0 Å². The number of anilines is 3. The predicted octanol–water partition coefficient (Wildman–Crippen LogP) is 4.14.